The lowest BCUT2D eigenvalue weighted by molar-refractivity contribution is 0.466. The van der Waals surface area contributed by atoms with Crippen LogP contribution in [0.2, 0.25) is 0 Å². The van der Waals surface area contributed by atoms with Gasteiger partial charge in [0.2, 0.25) is 0 Å². The van der Waals surface area contributed by atoms with E-state index in [0.29, 0.717) is 12.3 Å². The van der Waals surface area contributed by atoms with Crippen molar-refractivity contribution < 1.29 is 9.52 Å². The van der Waals surface area contributed by atoms with E-state index in [0.717, 1.165) is 16.5 Å². The van der Waals surface area contributed by atoms with E-state index in [-0.39, 0.29) is 0 Å². The molecule has 3 nitrogen and oxygen atoms in total. The summed E-state index contributed by atoms with van der Waals surface area (Å²) < 4.78 is 5.22. The van der Waals surface area contributed by atoms with Gasteiger partial charge >= 0.3 is 0 Å². The number of phenols is 1. The smallest absolute Gasteiger partial charge is 0.134 e. The first-order valence-corrected chi connectivity index (χ1v) is 4.15. The van der Waals surface area contributed by atoms with Crippen molar-refractivity contribution in [2.75, 3.05) is 7.05 Å². The van der Waals surface area contributed by atoms with Crippen molar-refractivity contribution in [1.29, 1.82) is 0 Å². The van der Waals surface area contributed by atoms with Crippen molar-refractivity contribution in [2.24, 2.45) is 0 Å². The number of hydrogen-bond acceptors (Lipinski definition) is 3. The van der Waals surface area contributed by atoms with Gasteiger partial charge in [0.15, 0.2) is 0 Å². The van der Waals surface area contributed by atoms with Gasteiger partial charge in [0.1, 0.15) is 11.3 Å². The van der Waals surface area contributed by atoms with Crippen LogP contribution in [0.15, 0.2) is 28.9 Å². The minimum Gasteiger partial charge on any atom is -0.508 e. The summed E-state index contributed by atoms with van der Waals surface area (Å²) in [7, 11) is 1.84. The zero-order chi connectivity index (χ0) is 9.26. The summed E-state index contributed by atoms with van der Waals surface area (Å²) in [5, 5.41) is 13.5. The maximum Gasteiger partial charge on any atom is 0.134 e. The van der Waals surface area contributed by atoms with Gasteiger partial charge in [-0.15, -0.1) is 0 Å². The van der Waals surface area contributed by atoms with Gasteiger partial charge < -0.3 is 14.8 Å². The highest BCUT2D eigenvalue weighted by molar-refractivity contribution is 5.79. The molecule has 0 radical (unpaired) electrons. The third-order valence-corrected chi connectivity index (χ3v) is 2.02. The van der Waals surface area contributed by atoms with Gasteiger partial charge in [-0.2, -0.15) is 0 Å². The second-order valence-corrected chi connectivity index (χ2v) is 2.97. The minimum atomic E-state index is 0.309. The molecule has 68 valence electrons. The second-order valence-electron chi connectivity index (χ2n) is 2.97. The van der Waals surface area contributed by atoms with Crippen LogP contribution >= 0.6 is 0 Å². The molecule has 0 spiro atoms. The average Bonchev–Trinajstić information content (AvgIpc) is 2.52. The number of aromatic hydroxyl groups is 1. The summed E-state index contributed by atoms with van der Waals surface area (Å²) in [4.78, 5) is 0. The first-order chi connectivity index (χ1) is 6.31. The summed E-state index contributed by atoms with van der Waals surface area (Å²) in [6.45, 7) is 0.641. The van der Waals surface area contributed by atoms with Crippen molar-refractivity contribution in [1.82, 2.24) is 5.32 Å². The van der Waals surface area contributed by atoms with Gasteiger partial charge in [-0.1, -0.05) is 0 Å². The summed E-state index contributed by atoms with van der Waals surface area (Å²) >= 11 is 0. The SMILES string of the molecule is CNCc1cc2occc2cc1O. The fourth-order valence-electron chi connectivity index (χ4n) is 1.37. The van der Waals surface area contributed by atoms with Crippen molar-refractivity contribution in [3.8, 4) is 5.75 Å². The van der Waals surface area contributed by atoms with Crippen LogP contribution in [0, 0.1) is 0 Å². The van der Waals surface area contributed by atoms with E-state index in [4.69, 9.17) is 4.42 Å². The Morgan fingerprint density at radius 3 is 3.08 bits per heavy atom. The molecule has 0 saturated heterocycles. The number of fused-ring (bicyclic) bond motifs is 1. The molecule has 0 amide bonds. The van der Waals surface area contributed by atoms with E-state index in [1.54, 1.807) is 12.3 Å². The standard InChI is InChI=1S/C10H11NO2/c1-11-6-8-5-10-7(2-3-13-10)4-9(8)12/h2-5,11-12H,6H2,1H3. The molecule has 1 heterocycles. The van der Waals surface area contributed by atoms with Crippen molar-refractivity contribution in [2.45, 2.75) is 6.54 Å². The molecule has 2 aromatic rings. The van der Waals surface area contributed by atoms with E-state index in [1.165, 1.54) is 0 Å². The second kappa shape index (κ2) is 3.11. The highest BCUT2D eigenvalue weighted by Gasteiger charge is 2.04. The molecule has 2 rings (SSSR count). The number of hydrogen-bond donors (Lipinski definition) is 2. The number of nitrogens with one attached hydrogen (secondary N) is 1. The number of benzene rings is 1. The topological polar surface area (TPSA) is 45.4 Å². The van der Waals surface area contributed by atoms with Crippen LogP contribution < -0.4 is 5.32 Å². The number of furan rings is 1. The van der Waals surface area contributed by atoms with Crippen LogP contribution in [0.4, 0.5) is 0 Å². The molecule has 0 saturated carbocycles. The van der Waals surface area contributed by atoms with Gasteiger partial charge in [-0.05, 0) is 25.2 Å². The van der Waals surface area contributed by atoms with Gasteiger partial charge in [-0.25, -0.2) is 0 Å². The van der Waals surface area contributed by atoms with Gasteiger partial charge in [0.25, 0.3) is 0 Å². The van der Waals surface area contributed by atoms with Gasteiger partial charge in [0, 0.05) is 17.5 Å². The zero-order valence-electron chi connectivity index (χ0n) is 7.37. The Balaban J connectivity index is 2.56. The van der Waals surface area contributed by atoms with Gasteiger partial charge in [0.05, 0.1) is 6.26 Å². The third kappa shape index (κ3) is 1.38. The lowest BCUT2D eigenvalue weighted by atomic mass is 10.1. The largest absolute Gasteiger partial charge is 0.508 e. The Morgan fingerprint density at radius 1 is 1.46 bits per heavy atom. The van der Waals surface area contributed by atoms with Crippen LogP contribution in [-0.2, 0) is 6.54 Å². The Hall–Kier alpha value is -1.48. The Bertz CT molecular complexity index is 420. The van der Waals surface area contributed by atoms with Crippen molar-refractivity contribution in [3.63, 3.8) is 0 Å². The summed E-state index contributed by atoms with van der Waals surface area (Å²) in [6, 6.07) is 5.39. The van der Waals surface area contributed by atoms with E-state index in [9.17, 15) is 5.11 Å². The third-order valence-electron chi connectivity index (χ3n) is 2.02. The quantitative estimate of drug-likeness (QED) is 0.735. The Labute approximate surface area is 76.0 Å². The predicted molar refractivity (Wildman–Crippen MR) is 50.6 cm³/mol. The maximum atomic E-state index is 9.58. The van der Waals surface area contributed by atoms with Crippen LogP contribution in [0.3, 0.4) is 0 Å². The fraction of sp³-hybridized carbons (Fsp3) is 0.200. The van der Waals surface area contributed by atoms with E-state index < -0.39 is 0 Å². The molecule has 0 atom stereocenters. The molecular weight excluding hydrogens is 166 g/mol. The fourth-order valence-corrected chi connectivity index (χ4v) is 1.37. The van der Waals surface area contributed by atoms with E-state index in [1.807, 2.05) is 19.2 Å². The molecule has 0 aliphatic heterocycles. The highest BCUT2D eigenvalue weighted by Crippen LogP contribution is 2.25. The molecule has 0 unspecified atom stereocenters. The lowest BCUT2D eigenvalue weighted by Gasteiger charge is -2.02. The van der Waals surface area contributed by atoms with Crippen LogP contribution in [-0.4, -0.2) is 12.2 Å². The Kier molecular flexibility index (Phi) is 1.94. The predicted octanol–water partition coefficient (Wildman–Crippen LogP) is 1.86. The molecule has 0 aliphatic rings. The van der Waals surface area contributed by atoms with Crippen molar-refractivity contribution >= 4 is 11.0 Å². The maximum absolute atomic E-state index is 9.58. The molecule has 0 aliphatic carbocycles. The summed E-state index contributed by atoms with van der Waals surface area (Å²) in [6.07, 6.45) is 1.62. The monoisotopic (exact) mass is 177 g/mol. The summed E-state index contributed by atoms with van der Waals surface area (Å²) in [5.41, 5.74) is 1.66. The van der Waals surface area contributed by atoms with Gasteiger partial charge in [-0.3, -0.25) is 0 Å². The number of rotatable bonds is 2. The van der Waals surface area contributed by atoms with Crippen LogP contribution in [0.1, 0.15) is 5.56 Å². The molecule has 0 bridgehead atoms. The van der Waals surface area contributed by atoms with E-state index >= 15 is 0 Å². The average molecular weight is 177 g/mol. The lowest BCUT2D eigenvalue weighted by Crippen LogP contribution is -2.04. The zero-order valence-corrected chi connectivity index (χ0v) is 7.37. The van der Waals surface area contributed by atoms with Crippen molar-refractivity contribution in [3.05, 3.63) is 30.0 Å². The highest BCUT2D eigenvalue weighted by atomic mass is 16.3. The molecule has 3 heteroatoms. The first-order valence-electron chi connectivity index (χ1n) is 4.15. The summed E-state index contributed by atoms with van der Waals surface area (Å²) in [5.74, 6) is 0.309. The molecule has 2 N–H and O–H groups in total. The normalized spacial score (nSPS) is 10.8. The first kappa shape index (κ1) is 8.13. The molecule has 0 fully saturated rings. The molecule has 1 aromatic carbocycles. The van der Waals surface area contributed by atoms with Crippen LogP contribution in [0.5, 0.6) is 5.75 Å². The minimum absolute atomic E-state index is 0.309. The van der Waals surface area contributed by atoms with E-state index in [2.05, 4.69) is 5.32 Å². The molecule has 13 heavy (non-hydrogen) atoms. The number of phenolic OH excluding ortho intramolecular Hbond substituents is 1. The Morgan fingerprint density at radius 2 is 2.31 bits per heavy atom. The van der Waals surface area contributed by atoms with Crippen LogP contribution in [0.25, 0.3) is 11.0 Å². The molecular formula is C10H11NO2. The molecule has 1 aromatic heterocycles.